The van der Waals surface area contributed by atoms with E-state index in [0.717, 1.165) is 27.8 Å². The van der Waals surface area contributed by atoms with Gasteiger partial charge in [-0.1, -0.05) is 30.3 Å². The normalized spacial score (nSPS) is 10.6. The molecular weight excluding hydrogens is 236 g/mol. The molecule has 3 nitrogen and oxygen atoms in total. The van der Waals surface area contributed by atoms with Crippen LogP contribution in [0.1, 0.15) is 0 Å². The molecule has 0 aliphatic rings. The Bertz CT molecular complexity index is 738. The Balaban J connectivity index is 2.31. The maximum absolute atomic E-state index is 5.76. The molecule has 2 aromatic carbocycles. The zero-order valence-corrected chi connectivity index (χ0v) is 10.6. The van der Waals surface area contributed by atoms with Gasteiger partial charge in [-0.15, -0.1) is 0 Å². The fourth-order valence-corrected chi connectivity index (χ4v) is 2.27. The molecule has 0 radical (unpaired) electrons. The third kappa shape index (κ3) is 1.99. The van der Waals surface area contributed by atoms with Crippen molar-refractivity contribution in [2.75, 3.05) is 12.8 Å². The van der Waals surface area contributed by atoms with Crippen LogP contribution in [0.3, 0.4) is 0 Å². The number of nitrogen functional groups attached to an aromatic ring is 1. The Morgan fingerprint density at radius 1 is 0.895 bits per heavy atom. The summed E-state index contributed by atoms with van der Waals surface area (Å²) < 4.78 is 5.40. The molecule has 0 amide bonds. The SMILES string of the molecule is COc1ccc(-c2cccc(N)n2)c2ccccc12. The lowest BCUT2D eigenvalue weighted by Gasteiger charge is -2.10. The number of nitrogens with zero attached hydrogens (tertiary/aromatic N) is 1. The zero-order valence-electron chi connectivity index (χ0n) is 10.6. The minimum absolute atomic E-state index is 0.525. The minimum atomic E-state index is 0.525. The Labute approximate surface area is 111 Å². The van der Waals surface area contributed by atoms with Crippen molar-refractivity contribution >= 4 is 16.6 Å². The number of ether oxygens (including phenoxy) is 1. The van der Waals surface area contributed by atoms with Gasteiger partial charge in [0.15, 0.2) is 0 Å². The van der Waals surface area contributed by atoms with Crippen molar-refractivity contribution in [1.29, 1.82) is 0 Å². The number of rotatable bonds is 2. The van der Waals surface area contributed by atoms with Gasteiger partial charge in [-0.2, -0.15) is 0 Å². The van der Waals surface area contributed by atoms with Crippen molar-refractivity contribution in [2.45, 2.75) is 0 Å². The van der Waals surface area contributed by atoms with Crippen LogP contribution >= 0.6 is 0 Å². The smallest absolute Gasteiger partial charge is 0.126 e. The lowest BCUT2D eigenvalue weighted by molar-refractivity contribution is 0.420. The van der Waals surface area contributed by atoms with Gasteiger partial charge in [-0.3, -0.25) is 0 Å². The third-order valence-electron chi connectivity index (χ3n) is 3.15. The number of methoxy groups -OCH3 is 1. The molecule has 3 rings (SSSR count). The Morgan fingerprint density at radius 3 is 2.42 bits per heavy atom. The van der Waals surface area contributed by atoms with Crippen LogP contribution in [0.4, 0.5) is 5.82 Å². The molecule has 0 bridgehead atoms. The fourth-order valence-electron chi connectivity index (χ4n) is 2.27. The van der Waals surface area contributed by atoms with E-state index in [1.807, 2.05) is 42.5 Å². The van der Waals surface area contributed by atoms with E-state index in [2.05, 4.69) is 11.1 Å². The first kappa shape index (κ1) is 11.5. The van der Waals surface area contributed by atoms with Gasteiger partial charge in [0.2, 0.25) is 0 Å². The molecular formula is C16H14N2O. The number of nitrogens with two attached hydrogens (primary N) is 1. The van der Waals surface area contributed by atoms with E-state index < -0.39 is 0 Å². The van der Waals surface area contributed by atoms with Gasteiger partial charge in [0.25, 0.3) is 0 Å². The molecule has 0 aliphatic carbocycles. The van der Waals surface area contributed by atoms with Crippen molar-refractivity contribution in [1.82, 2.24) is 4.98 Å². The molecule has 1 aromatic heterocycles. The van der Waals surface area contributed by atoms with Crippen LogP contribution in [0.25, 0.3) is 22.0 Å². The monoisotopic (exact) mass is 250 g/mol. The summed E-state index contributed by atoms with van der Waals surface area (Å²) in [5.74, 6) is 1.39. The molecule has 19 heavy (non-hydrogen) atoms. The fraction of sp³-hybridized carbons (Fsp3) is 0.0625. The minimum Gasteiger partial charge on any atom is -0.496 e. The topological polar surface area (TPSA) is 48.1 Å². The molecule has 0 atom stereocenters. The van der Waals surface area contributed by atoms with E-state index in [1.54, 1.807) is 13.2 Å². The van der Waals surface area contributed by atoms with Crippen LogP contribution in [0.15, 0.2) is 54.6 Å². The van der Waals surface area contributed by atoms with Crippen molar-refractivity contribution in [3.63, 3.8) is 0 Å². The molecule has 2 N–H and O–H groups in total. The summed E-state index contributed by atoms with van der Waals surface area (Å²) in [6.07, 6.45) is 0. The maximum atomic E-state index is 5.76. The van der Waals surface area contributed by atoms with Gasteiger partial charge in [-0.25, -0.2) is 4.98 Å². The van der Waals surface area contributed by atoms with Crippen LogP contribution in [0.2, 0.25) is 0 Å². The van der Waals surface area contributed by atoms with E-state index >= 15 is 0 Å². The predicted octanol–water partition coefficient (Wildman–Crippen LogP) is 3.49. The molecule has 1 heterocycles. The molecule has 0 spiro atoms. The molecule has 0 saturated heterocycles. The van der Waals surface area contributed by atoms with Gasteiger partial charge in [0.05, 0.1) is 12.8 Å². The Hall–Kier alpha value is -2.55. The summed E-state index contributed by atoms with van der Waals surface area (Å²) >= 11 is 0. The van der Waals surface area contributed by atoms with Crippen molar-refractivity contribution in [2.24, 2.45) is 0 Å². The van der Waals surface area contributed by atoms with Crippen LogP contribution in [0, 0.1) is 0 Å². The lowest BCUT2D eigenvalue weighted by Crippen LogP contribution is -1.93. The first-order chi connectivity index (χ1) is 9.29. The van der Waals surface area contributed by atoms with Crippen molar-refractivity contribution in [3.8, 4) is 17.0 Å². The second kappa shape index (κ2) is 4.61. The number of anilines is 1. The van der Waals surface area contributed by atoms with Gasteiger partial charge < -0.3 is 10.5 Å². The highest BCUT2D eigenvalue weighted by Gasteiger charge is 2.08. The molecule has 0 fully saturated rings. The van der Waals surface area contributed by atoms with E-state index in [1.165, 1.54) is 0 Å². The number of benzene rings is 2. The average molecular weight is 250 g/mol. The number of hydrogen-bond acceptors (Lipinski definition) is 3. The van der Waals surface area contributed by atoms with E-state index in [-0.39, 0.29) is 0 Å². The summed E-state index contributed by atoms with van der Waals surface area (Å²) in [6.45, 7) is 0. The summed E-state index contributed by atoms with van der Waals surface area (Å²) in [6, 6.07) is 17.8. The summed E-state index contributed by atoms with van der Waals surface area (Å²) in [5.41, 5.74) is 7.69. The lowest BCUT2D eigenvalue weighted by atomic mass is 10.0. The number of pyridine rings is 1. The molecule has 0 unspecified atom stereocenters. The first-order valence-electron chi connectivity index (χ1n) is 6.08. The number of fused-ring (bicyclic) bond motifs is 1. The molecule has 94 valence electrons. The third-order valence-corrected chi connectivity index (χ3v) is 3.15. The second-order valence-corrected chi connectivity index (χ2v) is 4.31. The molecule has 0 saturated carbocycles. The van der Waals surface area contributed by atoms with E-state index in [4.69, 9.17) is 10.5 Å². The van der Waals surface area contributed by atoms with Gasteiger partial charge in [0, 0.05) is 10.9 Å². The van der Waals surface area contributed by atoms with Crippen molar-refractivity contribution in [3.05, 3.63) is 54.6 Å². The van der Waals surface area contributed by atoms with E-state index in [0.29, 0.717) is 5.82 Å². The van der Waals surface area contributed by atoms with Gasteiger partial charge >= 0.3 is 0 Å². The quantitative estimate of drug-likeness (QED) is 0.757. The number of aromatic nitrogens is 1. The first-order valence-corrected chi connectivity index (χ1v) is 6.08. The van der Waals surface area contributed by atoms with Crippen LogP contribution < -0.4 is 10.5 Å². The zero-order chi connectivity index (χ0) is 13.2. The summed E-state index contributed by atoms with van der Waals surface area (Å²) in [7, 11) is 1.68. The maximum Gasteiger partial charge on any atom is 0.126 e. The van der Waals surface area contributed by atoms with E-state index in [9.17, 15) is 0 Å². The Kier molecular flexibility index (Phi) is 2.80. The standard InChI is InChI=1S/C16H14N2O/c1-19-15-10-9-12(11-5-2-3-6-13(11)15)14-7-4-8-16(17)18-14/h2-10H,1H3,(H2,17,18). The average Bonchev–Trinajstić information content (AvgIpc) is 2.46. The molecule has 3 heteroatoms. The molecule has 3 aromatic rings. The second-order valence-electron chi connectivity index (χ2n) is 4.31. The highest BCUT2D eigenvalue weighted by atomic mass is 16.5. The summed E-state index contributed by atoms with van der Waals surface area (Å²) in [4.78, 5) is 4.39. The van der Waals surface area contributed by atoms with Crippen molar-refractivity contribution < 1.29 is 4.74 Å². The van der Waals surface area contributed by atoms with Crippen LogP contribution in [0.5, 0.6) is 5.75 Å². The highest BCUT2D eigenvalue weighted by molar-refractivity contribution is 5.99. The number of hydrogen-bond donors (Lipinski definition) is 1. The van der Waals surface area contributed by atoms with Gasteiger partial charge in [0.1, 0.15) is 11.6 Å². The van der Waals surface area contributed by atoms with Crippen LogP contribution in [-0.4, -0.2) is 12.1 Å². The van der Waals surface area contributed by atoms with Crippen LogP contribution in [-0.2, 0) is 0 Å². The largest absolute Gasteiger partial charge is 0.496 e. The molecule has 0 aliphatic heterocycles. The highest BCUT2D eigenvalue weighted by Crippen LogP contribution is 2.33. The van der Waals surface area contributed by atoms with Gasteiger partial charge in [-0.05, 0) is 29.7 Å². The Morgan fingerprint density at radius 2 is 1.68 bits per heavy atom. The predicted molar refractivity (Wildman–Crippen MR) is 78.1 cm³/mol. The summed E-state index contributed by atoms with van der Waals surface area (Å²) in [5, 5.41) is 2.19.